The predicted molar refractivity (Wildman–Crippen MR) is 212 cm³/mol. The van der Waals surface area contributed by atoms with Gasteiger partial charge in [-0.3, -0.25) is 18.6 Å². The minimum Gasteiger partial charge on any atom is -0.480 e. The zero-order chi connectivity index (χ0) is 39.3. The Bertz CT molecular complexity index is 1130. The molecule has 12 heteroatoms. The molecule has 1 amide bonds. The van der Waals surface area contributed by atoms with Gasteiger partial charge in [-0.1, -0.05) is 126 Å². The number of hydrogen-bond acceptors (Lipinski definition) is 8. The summed E-state index contributed by atoms with van der Waals surface area (Å²) in [5, 5.41) is 21.7. The van der Waals surface area contributed by atoms with E-state index in [9.17, 15) is 34.1 Å². The Morgan fingerprint density at radius 2 is 1.09 bits per heavy atom. The molecule has 3 unspecified atom stereocenters. The third kappa shape index (κ3) is 36.0. The van der Waals surface area contributed by atoms with Crippen LogP contribution in [-0.4, -0.2) is 64.9 Å². The number of phosphoric ester groups is 1. The van der Waals surface area contributed by atoms with E-state index < -0.39 is 57.6 Å². The summed E-state index contributed by atoms with van der Waals surface area (Å²) in [5.74, 6) is -2.42. The number of aliphatic carboxylic acids is 1. The number of allylic oxidation sites excluding steroid dienone is 10. The molecule has 4 N–H and O–H groups in total. The number of nitrogens with one attached hydrogen (secondary N) is 1. The maximum atomic E-state index is 12.3. The fourth-order valence-electron chi connectivity index (χ4n) is 4.93. The summed E-state index contributed by atoms with van der Waals surface area (Å²) in [6, 6.07) is -1.56. The van der Waals surface area contributed by atoms with Gasteiger partial charge in [-0.2, -0.15) is 0 Å². The van der Waals surface area contributed by atoms with Crippen LogP contribution < -0.4 is 5.32 Å². The van der Waals surface area contributed by atoms with Crippen LogP contribution >= 0.6 is 7.82 Å². The highest BCUT2D eigenvalue weighted by atomic mass is 31.2. The van der Waals surface area contributed by atoms with E-state index in [1.165, 1.54) is 12.8 Å². The average molecular weight is 768 g/mol. The van der Waals surface area contributed by atoms with Crippen LogP contribution in [0.25, 0.3) is 0 Å². The number of aliphatic hydroxyl groups is 1. The van der Waals surface area contributed by atoms with E-state index >= 15 is 0 Å². The lowest BCUT2D eigenvalue weighted by Gasteiger charge is -2.18. The summed E-state index contributed by atoms with van der Waals surface area (Å²) in [4.78, 5) is 45.8. The minimum absolute atomic E-state index is 0.125. The van der Waals surface area contributed by atoms with E-state index in [0.29, 0.717) is 12.8 Å². The number of carbonyl (C=O) groups is 3. The molecule has 0 saturated carbocycles. The number of carboxylic acid groups (broad SMARTS) is 1. The van der Waals surface area contributed by atoms with Crippen LogP contribution in [0.3, 0.4) is 0 Å². The Kier molecular flexibility index (Phi) is 34.2. The van der Waals surface area contributed by atoms with Gasteiger partial charge in [0.1, 0.15) is 12.7 Å². The summed E-state index contributed by atoms with van der Waals surface area (Å²) >= 11 is 0. The summed E-state index contributed by atoms with van der Waals surface area (Å²) < 4.78 is 26.7. The molecule has 0 rings (SSSR count). The molecule has 0 aromatic heterocycles. The van der Waals surface area contributed by atoms with Gasteiger partial charge in [0.2, 0.25) is 5.91 Å². The van der Waals surface area contributed by atoms with E-state index in [4.69, 9.17) is 13.8 Å². The lowest BCUT2D eigenvalue weighted by atomic mass is 10.1. The maximum absolute atomic E-state index is 12.3. The molecule has 0 bridgehead atoms. The Morgan fingerprint density at radius 3 is 1.64 bits per heavy atom. The molecule has 11 nitrogen and oxygen atoms in total. The highest BCUT2D eigenvalue weighted by Crippen LogP contribution is 2.43. The van der Waals surface area contributed by atoms with Gasteiger partial charge in [0, 0.05) is 12.8 Å². The molecule has 0 heterocycles. The van der Waals surface area contributed by atoms with E-state index in [0.717, 1.165) is 96.3 Å². The molecule has 0 aromatic rings. The number of amides is 1. The van der Waals surface area contributed by atoms with E-state index in [-0.39, 0.29) is 12.8 Å². The molecule has 3 atom stereocenters. The van der Waals surface area contributed by atoms with Crippen LogP contribution in [0.4, 0.5) is 0 Å². The summed E-state index contributed by atoms with van der Waals surface area (Å²) in [6.45, 7) is 2.38. The van der Waals surface area contributed by atoms with Crippen molar-refractivity contribution in [2.24, 2.45) is 0 Å². The van der Waals surface area contributed by atoms with Crippen molar-refractivity contribution in [3.05, 3.63) is 60.8 Å². The number of rotatable bonds is 36. The Morgan fingerprint density at radius 1 is 0.623 bits per heavy atom. The van der Waals surface area contributed by atoms with Crippen LogP contribution in [0, 0.1) is 0 Å². The molecule has 0 aromatic carbocycles. The molecule has 0 spiro atoms. The molecule has 53 heavy (non-hydrogen) atoms. The number of ether oxygens (including phenoxy) is 1. The van der Waals surface area contributed by atoms with Crippen molar-refractivity contribution in [1.82, 2.24) is 5.32 Å². The monoisotopic (exact) mass is 767 g/mol. The largest absolute Gasteiger partial charge is 0.480 e. The third-order valence-electron chi connectivity index (χ3n) is 8.04. The van der Waals surface area contributed by atoms with Crippen LogP contribution in [0.1, 0.15) is 149 Å². The molecule has 0 fully saturated rings. The van der Waals surface area contributed by atoms with Gasteiger partial charge in [0.25, 0.3) is 0 Å². The van der Waals surface area contributed by atoms with Crippen LogP contribution in [0.15, 0.2) is 60.8 Å². The minimum atomic E-state index is -4.76. The lowest BCUT2D eigenvalue weighted by Crippen LogP contribution is -2.43. The number of carbonyl (C=O) groups excluding carboxylic acids is 2. The number of hydrogen-bond donors (Lipinski definition) is 4. The fraction of sp³-hybridized carbons (Fsp3) is 0.683. The first-order valence-electron chi connectivity index (χ1n) is 19.8. The SMILES string of the molecule is CC/C=C\C/C=C\C/C=C\CCCCCCCC(=O)OCC(O)COP(=O)(O)OCC(NC(=O)CCCCCCC/C=C\C/C=C\CCCC)C(=O)O. The van der Waals surface area contributed by atoms with Gasteiger partial charge in [-0.15, -0.1) is 0 Å². The molecule has 0 aliphatic heterocycles. The van der Waals surface area contributed by atoms with Crippen molar-refractivity contribution in [1.29, 1.82) is 0 Å². The number of unbranched alkanes of at least 4 members (excludes halogenated alkanes) is 12. The van der Waals surface area contributed by atoms with Crippen LogP contribution in [0.5, 0.6) is 0 Å². The summed E-state index contributed by atoms with van der Waals surface area (Å²) in [5.41, 5.74) is 0. The molecule has 0 radical (unpaired) electrons. The molecule has 0 saturated heterocycles. The maximum Gasteiger partial charge on any atom is 0.472 e. The lowest BCUT2D eigenvalue weighted by molar-refractivity contribution is -0.147. The van der Waals surface area contributed by atoms with Crippen molar-refractivity contribution in [2.75, 3.05) is 19.8 Å². The van der Waals surface area contributed by atoms with E-state index in [1.807, 2.05) is 0 Å². The van der Waals surface area contributed by atoms with Crippen molar-refractivity contribution >= 4 is 25.7 Å². The number of carboxylic acids is 1. The highest BCUT2D eigenvalue weighted by molar-refractivity contribution is 7.47. The second kappa shape index (κ2) is 36.2. The van der Waals surface area contributed by atoms with Crippen molar-refractivity contribution < 1.29 is 47.8 Å². The zero-order valence-corrected chi connectivity index (χ0v) is 33.4. The summed E-state index contributed by atoms with van der Waals surface area (Å²) in [7, 11) is -4.76. The Hall–Kier alpha value is -2.82. The van der Waals surface area contributed by atoms with Gasteiger partial charge in [0.05, 0.1) is 13.2 Å². The number of aliphatic hydroxyl groups excluding tert-OH is 1. The third-order valence-corrected chi connectivity index (χ3v) is 8.99. The second-order valence-electron chi connectivity index (χ2n) is 13.1. The first kappa shape index (κ1) is 50.2. The normalized spacial score (nSPS) is 14.5. The average Bonchev–Trinajstić information content (AvgIpc) is 3.13. The van der Waals surface area contributed by atoms with E-state index in [2.05, 4.69) is 79.9 Å². The second-order valence-corrected chi connectivity index (χ2v) is 14.5. The van der Waals surface area contributed by atoms with Gasteiger partial charge in [-0.25, -0.2) is 9.36 Å². The zero-order valence-electron chi connectivity index (χ0n) is 32.5. The quantitative estimate of drug-likeness (QED) is 0.0208. The van der Waals surface area contributed by atoms with Gasteiger partial charge < -0.3 is 25.2 Å². The highest BCUT2D eigenvalue weighted by Gasteiger charge is 2.28. The van der Waals surface area contributed by atoms with Crippen molar-refractivity contribution in [3.8, 4) is 0 Å². The smallest absolute Gasteiger partial charge is 0.472 e. The topological polar surface area (TPSA) is 169 Å². The molecule has 304 valence electrons. The number of esters is 1. The summed E-state index contributed by atoms with van der Waals surface area (Å²) in [6.07, 6.45) is 39.6. The Balaban J connectivity index is 4.00. The molecular weight excluding hydrogens is 697 g/mol. The van der Waals surface area contributed by atoms with Crippen LogP contribution in [-0.2, 0) is 32.7 Å². The van der Waals surface area contributed by atoms with Crippen molar-refractivity contribution in [2.45, 2.75) is 161 Å². The fourth-order valence-corrected chi connectivity index (χ4v) is 5.70. The van der Waals surface area contributed by atoms with Crippen LogP contribution in [0.2, 0.25) is 0 Å². The first-order chi connectivity index (χ1) is 25.6. The first-order valence-corrected chi connectivity index (χ1v) is 21.3. The predicted octanol–water partition coefficient (Wildman–Crippen LogP) is 9.61. The van der Waals surface area contributed by atoms with Crippen molar-refractivity contribution in [3.63, 3.8) is 0 Å². The van der Waals surface area contributed by atoms with Gasteiger partial charge >= 0.3 is 19.8 Å². The molecule has 0 aliphatic rings. The number of phosphoric acid groups is 1. The van der Waals surface area contributed by atoms with E-state index in [1.54, 1.807) is 0 Å². The molecule has 0 aliphatic carbocycles. The standard InChI is InChI=1S/C41H70NO10P/c1-3-5-7-9-11-13-15-17-19-21-23-25-27-29-31-33-40(45)50-34-37(43)35-51-53(48,49)52-36-38(41(46)47)42-39(44)32-30-28-26-24-22-20-18-16-14-12-10-8-6-4-2/h5,7,10-13,16-19,37-38,43H,3-4,6,8-9,14-15,20-36H2,1-2H3,(H,42,44)(H,46,47)(H,48,49)/b7-5-,12-10-,13-11-,18-16-,19-17-. The Labute approximate surface area is 319 Å². The molecular formula is C41H70NO10P. The van der Waals surface area contributed by atoms with Gasteiger partial charge in [0.15, 0.2) is 6.04 Å². The van der Waals surface area contributed by atoms with Gasteiger partial charge in [-0.05, 0) is 70.6 Å².